The first kappa shape index (κ1) is 19.5. The van der Waals surface area contributed by atoms with E-state index in [9.17, 15) is 18.0 Å². The number of aromatic nitrogens is 1. The highest BCUT2D eigenvalue weighted by atomic mass is 19.4. The summed E-state index contributed by atoms with van der Waals surface area (Å²) in [6.45, 7) is 2.37. The Morgan fingerprint density at radius 1 is 1.17 bits per heavy atom. The minimum atomic E-state index is -4.30. The highest BCUT2D eigenvalue weighted by Crippen LogP contribution is 2.54. The summed E-state index contributed by atoms with van der Waals surface area (Å²) in [5, 5.41) is 2.91. The Morgan fingerprint density at radius 2 is 1.90 bits per heavy atom. The van der Waals surface area contributed by atoms with E-state index in [4.69, 9.17) is 0 Å². The fourth-order valence-corrected chi connectivity index (χ4v) is 4.22. The van der Waals surface area contributed by atoms with Gasteiger partial charge in [-0.15, -0.1) is 0 Å². The van der Waals surface area contributed by atoms with E-state index in [0.717, 1.165) is 42.9 Å². The summed E-state index contributed by atoms with van der Waals surface area (Å²) in [7, 11) is 0. The molecule has 1 amide bonds. The molecule has 2 heterocycles. The van der Waals surface area contributed by atoms with E-state index in [1.807, 2.05) is 12.1 Å². The number of halogens is 3. The topological polar surface area (TPSA) is 45.2 Å². The van der Waals surface area contributed by atoms with Gasteiger partial charge in [-0.2, -0.15) is 13.2 Å². The van der Waals surface area contributed by atoms with E-state index in [1.54, 1.807) is 30.6 Å². The molecule has 1 aliphatic heterocycles. The Labute approximate surface area is 167 Å². The molecule has 1 unspecified atom stereocenters. The number of benzene rings is 1. The monoisotopic (exact) mass is 401 g/mol. The molecule has 1 N–H and O–H groups in total. The van der Waals surface area contributed by atoms with Crippen molar-refractivity contribution < 1.29 is 18.0 Å². The fourth-order valence-electron chi connectivity index (χ4n) is 4.22. The lowest BCUT2D eigenvalue weighted by Crippen LogP contribution is -2.26. The third kappa shape index (κ3) is 4.60. The number of fused-ring (bicyclic) bond motifs is 1. The van der Waals surface area contributed by atoms with Crippen molar-refractivity contribution in [2.75, 3.05) is 24.5 Å². The number of piperidine rings is 1. The number of anilines is 1. The number of rotatable bonds is 6. The average Bonchev–Trinajstić information content (AvgIpc) is 3.15. The van der Waals surface area contributed by atoms with Gasteiger partial charge in [0.25, 0.3) is 0 Å². The molecule has 4 rings (SSSR count). The molecule has 29 heavy (non-hydrogen) atoms. The summed E-state index contributed by atoms with van der Waals surface area (Å²) in [5.74, 6) is 1.61. The van der Waals surface area contributed by atoms with Crippen LogP contribution >= 0.6 is 0 Å². The molecular formula is C22H22F3N3O. The summed E-state index contributed by atoms with van der Waals surface area (Å²) >= 11 is 0. The Hall–Kier alpha value is -2.83. The third-order valence-electron chi connectivity index (χ3n) is 5.82. The Kier molecular flexibility index (Phi) is 5.30. The molecule has 152 valence electrons. The van der Waals surface area contributed by atoms with Crippen molar-refractivity contribution in [3.63, 3.8) is 0 Å². The zero-order chi connectivity index (χ0) is 20.4. The lowest BCUT2D eigenvalue weighted by atomic mass is 10.1. The first-order valence-electron chi connectivity index (χ1n) is 9.70. The van der Waals surface area contributed by atoms with Crippen LogP contribution in [0.15, 0.2) is 54.9 Å². The highest BCUT2D eigenvalue weighted by molar-refractivity contribution is 5.91. The van der Waals surface area contributed by atoms with Crippen LogP contribution in [0.3, 0.4) is 0 Å². The summed E-state index contributed by atoms with van der Waals surface area (Å²) in [6, 6.07) is 9.09. The number of hydrogen-bond donors (Lipinski definition) is 1. The van der Waals surface area contributed by atoms with E-state index in [1.165, 1.54) is 6.08 Å². The van der Waals surface area contributed by atoms with Gasteiger partial charge in [0, 0.05) is 43.8 Å². The molecule has 7 heteroatoms. The molecule has 1 aliphatic carbocycles. The predicted octanol–water partition coefficient (Wildman–Crippen LogP) is 4.00. The second kappa shape index (κ2) is 7.89. The normalized spacial score (nSPS) is 23.3. The number of hydrogen-bond acceptors (Lipinski definition) is 3. The van der Waals surface area contributed by atoms with E-state index in [-0.39, 0.29) is 5.91 Å². The number of carbonyl (C=O) groups is 1. The minimum absolute atomic E-state index is 0.119. The maximum Gasteiger partial charge on any atom is 0.416 e. The van der Waals surface area contributed by atoms with Crippen LogP contribution in [0.4, 0.5) is 18.9 Å². The average molecular weight is 401 g/mol. The largest absolute Gasteiger partial charge is 0.416 e. The molecule has 2 aliphatic rings. The van der Waals surface area contributed by atoms with Crippen LogP contribution in [0, 0.1) is 17.8 Å². The summed E-state index contributed by atoms with van der Waals surface area (Å²) in [6.07, 6.45) is 3.25. The number of carbonyl (C=O) groups excluding carboxylic acids is 1. The van der Waals surface area contributed by atoms with Crippen LogP contribution in [0.2, 0.25) is 0 Å². The summed E-state index contributed by atoms with van der Waals surface area (Å²) in [4.78, 5) is 18.0. The van der Waals surface area contributed by atoms with Gasteiger partial charge in [-0.05, 0) is 66.1 Å². The molecule has 1 aromatic heterocycles. The van der Waals surface area contributed by atoms with Crippen molar-refractivity contribution in [2.24, 2.45) is 17.8 Å². The van der Waals surface area contributed by atoms with Crippen molar-refractivity contribution in [3.8, 4) is 0 Å². The molecule has 0 bridgehead atoms. The van der Waals surface area contributed by atoms with Gasteiger partial charge in [-0.1, -0.05) is 6.07 Å². The van der Waals surface area contributed by atoms with E-state index < -0.39 is 11.7 Å². The van der Waals surface area contributed by atoms with Crippen LogP contribution in [0.1, 0.15) is 17.5 Å². The van der Waals surface area contributed by atoms with Crippen LogP contribution in [0.25, 0.3) is 6.08 Å². The van der Waals surface area contributed by atoms with E-state index in [0.29, 0.717) is 24.3 Å². The second-order valence-corrected chi connectivity index (χ2v) is 7.64. The standard InChI is InChI=1S/C22H22F3N3O/c23-22(24,25)16-4-6-17(7-5-16)28-13-19-18(20(19)14-28)9-11-27-21(29)8-3-15-2-1-10-26-12-15/h1-8,10,12,18-20H,9,11,13-14H2,(H,27,29)/b8-3+/t18?,19-,20+. The lowest BCUT2D eigenvalue weighted by molar-refractivity contribution is -0.137. The number of pyridine rings is 1. The molecular weight excluding hydrogens is 379 g/mol. The Balaban J connectivity index is 1.18. The maximum absolute atomic E-state index is 12.7. The van der Waals surface area contributed by atoms with Crippen molar-refractivity contribution in [3.05, 3.63) is 66.0 Å². The van der Waals surface area contributed by atoms with Crippen LogP contribution in [-0.2, 0) is 11.0 Å². The molecule has 0 spiro atoms. The van der Waals surface area contributed by atoms with Gasteiger partial charge < -0.3 is 10.2 Å². The predicted molar refractivity (Wildman–Crippen MR) is 105 cm³/mol. The van der Waals surface area contributed by atoms with Crippen LogP contribution in [-0.4, -0.2) is 30.5 Å². The minimum Gasteiger partial charge on any atom is -0.371 e. The maximum atomic E-state index is 12.7. The molecule has 2 aromatic rings. The fraction of sp³-hybridized carbons (Fsp3) is 0.364. The highest BCUT2D eigenvalue weighted by Gasteiger charge is 2.54. The van der Waals surface area contributed by atoms with Gasteiger partial charge in [0.05, 0.1) is 5.56 Å². The van der Waals surface area contributed by atoms with E-state index >= 15 is 0 Å². The first-order chi connectivity index (χ1) is 13.9. The second-order valence-electron chi connectivity index (χ2n) is 7.64. The molecule has 1 aromatic carbocycles. The number of nitrogens with one attached hydrogen (secondary N) is 1. The van der Waals surface area contributed by atoms with Gasteiger partial charge in [0.1, 0.15) is 0 Å². The van der Waals surface area contributed by atoms with E-state index in [2.05, 4.69) is 15.2 Å². The summed E-state index contributed by atoms with van der Waals surface area (Å²) in [5.41, 5.74) is 1.11. The molecule has 2 fully saturated rings. The van der Waals surface area contributed by atoms with Crippen LogP contribution in [0.5, 0.6) is 0 Å². The van der Waals surface area contributed by atoms with Crippen molar-refractivity contribution in [2.45, 2.75) is 12.6 Å². The van der Waals surface area contributed by atoms with Gasteiger partial charge >= 0.3 is 6.18 Å². The Bertz CT molecular complexity index is 868. The molecule has 1 saturated carbocycles. The molecule has 1 saturated heterocycles. The van der Waals surface area contributed by atoms with Crippen LogP contribution < -0.4 is 10.2 Å². The van der Waals surface area contributed by atoms with Gasteiger partial charge in [-0.25, -0.2) is 0 Å². The lowest BCUT2D eigenvalue weighted by Gasteiger charge is -2.22. The number of alkyl halides is 3. The smallest absolute Gasteiger partial charge is 0.371 e. The van der Waals surface area contributed by atoms with Crippen molar-refractivity contribution >= 4 is 17.7 Å². The first-order valence-corrected chi connectivity index (χ1v) is 9.70. The van der Waals surface area contributed by atoms with Gasteiger partial charge in [-0.3, -0.25) is 9.78 Å². The zero-order valence-corrected chi connectivity index (χ0v) is 15.8. The van der Waals surface area contributed by atoms with Crippen molar-refractivity contribution in [1.82, 2.24) is 10.3 Å². The van der Waals surface area contributed by atoms with Gasteiger partial charge in [0.15, 0.2) is 0 Å². The molecule has 3 atom stereocenters. The third-order valence-corrected chi connectivity index (χ3v) is 5.82. The van der Waals surface area contributed by atoms with Gasteiger partial charge in [0.2, 0.25) is 5.91 Å². The quantitative estimate of drug-likeness (QED) is 0.745. The SMILES string of the molecule is O=C(/C=C/c1cccnc1)NCCC1[C@H]2CN(c3ccc(C(F)(F)F)cc3)C[C@@H]12. The number of nitrogens with zero attached hydrogens (tertiary/aromatic N) is 2. The zero-order valence-electron chi connectivity index (χ0n) is 15.8. The van der Waals surface area contributed by atoms with Crippen molar-refractivity contribution in [1.29, 1.82) is 0 Å². The number of amides is 1. The molecule has 0 radical (unpaired) electrons. The Morgan fingerprint density at radius 3 is 2.52 bits per heavy atom. The molecule has 4 nitrogen and oxygen atoms in total. The summed E-state index contributed by atoms with van der Waals surface area (Å²) < 4.78 is 38.0.